The summed E-state index contributed by atoms with van der Waals surface area (Å²) >= 11 is 1.68. The molecule has 0 aromatic rings. The molecule has 5 heteroatoms. The number of hydrogen-bond acceptors (Lipinski definition) is 3. The van der Waals surface area contributed by atoms with Gasteiger partial charge in [-0.2, -0.15) is 0 Å². The van der Waals surface area contributed by atoms with Gasteiger partial charge in [-0.1, -0.05) is 25.7 Å². The lowest BCUT2D eigenvalue weighted by Crippen LogP contribution is -2.46. The first-order valence-electron chi connectivity index (χ1n) is 8.32. The highest BCUT2D eigenvalue weighted by atomic mass is 32.2. The first-order chi connectivity index (χ1) is 10.2. The Bertz CT molecular complexity index is 402. The SMILES string of the molecule is O=C(O)C1CSC(C2CC2)N1C(=O)CC1CCCCCC1. The summed E-state index contributed by atoms with van der Waals surface area (Å²) in [5, 5.41) is 9.53. The van der Waals surface area contributed by atoms with Gasteiger partial charge in [0.2, 0.25) is 5.91 Å². The number of carboxylic acid groups (broad SMARTS) is 1. The average Bonchev–Trinajstić information content (AvgIpc) is 3.23. The molecule has 0 spiro atoms. The third-order valence-electron chi connectivity index (χ3n) is 5.07. The van der Waals surface area contributed by atoms with E-state index in [9.17, 15) is 14.7 Å². The molecule has 118 valence electrons. The zero-order valence-electron chi connectivity index (χ0n) is 12.5. The van der Waals surface area contributed by atoms with Gasteiger partial charge < -0.3 is 10.0 Å². The largest absolute Gasteiger partial charge is 0.480 e. The van der Waals surface area contributed by atoms with Crippen LogP contribution in [0.1, 0.15) is 57.8 Å². The summed E-state index contributed by atoms with van der Waals surface area (Å²) < 4.78 is 0. The molecule has 1 saturated heterocycles. The van der Waals surface area contributed by atoms with Gasteiger partial charge >= 0.3 is 5.97 Å². The Morgan fingerprint density at radius 1 is 1.05 bits per heavy atom. The van der Waals surface area contributed by atoms with Gasteiger partial charge in [0.05, 0.1) is 5.37 Å². The normalized spacial score (nSPS) is 31.1. The van der Waals surface area contributed by atoms with Crippen LogP contribution in [-0.2, 0) is 9.59 Å². The van der Waals surface area contributed by atoms with E-state index in [1.54, 1.807) is 16.7 Å². The smallest absolute Gasteiger partial charge is 0.327 e. The second kappa shape index (κ2) is 6.59. The van der Waals surface area contributed by atoms with Gasteiger partial charge in [-0.25, -0.2) is 4.79 Å². The van der Waals surface area contributed by atoms with Crippen LogP contribution in [0, 0.1) is 11.8 Å². The number of carboxylic acids is 1. The van der Waals surface area contributed by atoms with Crippen LogP contribution >= 0.6 is 11.8 Å². The maximum Gasteiger partial charge on any atom is 0.327 e. The van der Waals surface area contributed by atoms with Crippen molar-refractivity contribution in [3.8, 4) is 0 Å². The highest BCUT2D eigenvalue weighted by molar-refractivity contribution is 8.00. The molecule has 2 saturated carbocycles. The molecule has 1 aliphatic heterocycles. The van der Waals surface area contributed by atoms with Gasteiger partial charge in [0.1, 0.15) is 6.04 Å². The third-order valence-corrected chi connectivity index (χ3v) is 6.53. The molecule has 3 rings (SSSR count). The minimum atomic E-state index is -0.833. The third kappa shape index (κ3) is 3.55. The summed E-state index contributed by atoms with van der Waals surface area (Å²) in [5.74, 6) is 0.834. The van der Waals surface area contributed by atoms with Crippen LogP contribution in [0.25, 0.3) is 0 Å². The Balaban J connectivity index is 1.65. The van der Waals surface area contributed by atoms with Crippen LogP contribution in [0.2, 0.25) is 0 Å². The van der Waals surface area contributed by atoms with Crippen LogP contribution in [0.3, 0.4) is 0 Å². The van der Waals surface area contributed by atoms with Crippen molar-refractivity contribution < 1.29 is 14.7 Å². The van der Waals surface area contributed by atoms with Gasteiger partial charge in [-0.15, -0.1) is 11.8 Å². The van der Waals surface area contributed by atoms with Crippen molar-refractivity contribution >= 4 is 23.6 Å². The van der Waals surface area contributed by atoms with Crippen molar-refractivity contribution in [3.05, 3.63) is 0 Å². The van der Waals surface area contributed by atoms with Crippen LogP contribution < -0.4 is 0 Å². The fourth-order valence-corrected chi connectivity index (χ4v) is 5.35. The predicted octanol–water partition coefficient (Wildman–Crippen LogP) is 3.11. The molecule has 2 unspecified atom stereocenters. The molecule has 0 bridgehead atoms. The first kappa shape index (κ1) is 15.2. The van der Waals surface area contributed by atoms with Crippen molar-refractivity contribution in [1.82, 2.24) is 4.90 Å². The maximum atomic E-state index is 12.7. The highest BCUT2D eigenvalue weighted by Crippen LogP contribution is 2.46. The van der Waals surface area contributed by atoms with Gasteiger partial charge in [-0.3, -0.25) is 4.79 Å². The topological polar surface area (TPSA) is 57.6 Å². The number of hydrogen-bond donors (Lipinski definition) is 1. The lowest BCUT2D eigenvalue weighted by atomic mass is 9.95. The maximum absolute atomic E-state index is 12.7. The van der Waals surface area contributed by atoms with Crippen molar-refractivity contribution in [2.24, 2.45) is 11.8 Å². The number of rotatable bonds is 4. The number of carbonyl (C=O) groups excluding carboxylic acids is 1. The Kier molecular flexibility index (Phi) is 4.77. The zero-order valence-corrected chi connectivity index (χ0v) is 13.3. The van der Waals surface area contributed by atoms with Crippen LogP contribution in [0.5, 0.6) is 0 Å². The average molecular weight is 311 g/mol. The number of thioether (sulfide) groups is 1. The fourth-order valence-electron chi connectivity index (χ4n) is 3.70. The van der Waals surface area contributed by atoms with Gasteiger partial charge in [-0.05, 0) is 37.5 Å². The van der Waals surface area contributed by atoms with E-state index >= 15 is 0 Å². The molecule has 1 N–H and O–H groups in total. The Morgan fingerprint density at radius 2 is 1.71 bits per heavy atom. The molecule has 0 aromatic heterocycles. The first-order valence-corrected chi connectivity index (χ1v) is 9.37. The Labute approximate surface area is 130 Å². The number of aliphatic carboxylic acids is 1. The van der Waals surface area contributed by atoms with E-state index in [4.69, 9.17) is 0 Å². The lowest BCUT2D eigenvalue weighted by Gasteiger charge is -2.29. The predicted molar refractivity (Wildman–Crippen MR) is 83.0 cm³/mol. The quantitative estimate of drug-likeness (QED) is 0.811. The molecular formula is C16H25NO3S. The molecule has 0 radical (unpaired) electrons. The summed E-state index contributed by atoms with van der Waals surface area (Å²) in [6.45, 7) is 0. The van der Waals surface area contributed by atoms with Crippen LogP contribution in [0.4, 0.5) is 0 Å². The molecule has 3 aliphatic rings. The molecule has 0 aromatic carbocycles. The lowest BCUT2D eigenvalue weighted by molar-refractivity contribution is -0.149. The second-order valence-corrected chi connectivity index (χ2v) is 7.93. The van der Waals surface area contributed by atoms with Gasteiger partial charge in [0, 0.05) is 12.2 Å². The van der Waals surface area contributed by atoms with Crippen molar-refractivity contribution in [1.29, 1.82) is 0 Å². The minimum absolute atomic E-state index is 0.0937. The van der Waals surface area contributed by atoms with E-state index in [-0.39, 0.29) is 11.3 Å². The van der Waals surface area contributed by atoms with Crippen molar-refractivity contribution in [2.75, 3.05) is 5.75 Å². The Morgan fingerprint density at radius 3 is 2.29 bits per heavy atom. The van der Waals surface area contributed by atoms with E-state index in [2.05, 4.69) is 0 Å². The molecule has 21 heavy (non-hydrogen) atoms. The van der Waals surface area contributed by atoms with E-state index in [0.29, 0.717) is 24.0 Å². The number of carbonyl (C=O) groups is 2. The van der Waals surface area contributed by atoms with E-state index in [1.807, 2.05) is 0 Å². The Hall–Kier alpha value is -0.710. The highest BCUT2D eigenvalue weighted by Gasteiger charge is 2.48. The minimum Gasteiger partial charge on any atom is -0.480 e. The summed E-state index contributed by atoms with van der Waals surface area (Å²) in [4.78, 5) is 25.9. The number of nitrogens with zero attached hydrogens (tertiary/aromatic N) is 1. The second-order valence-electron chi connectivity index (χ2n) is 6.78. The monoisotopic (exact) mass is 311 g/mol. The summed E-state index contributed by atoms with van der Waals surface area (Å²) in [5.41, 5.74) is 0. The summed E-state index contributed by atoms with van der Waals surface area (Å²) in [7, 11) is 0. The molecule has 2 atom stereocenters. The van der Waals surface area contributed by atoms with E-state index < -0.39 is 12.0 Å². The summed E-state index contributed by atoms with van der Waals surface area (Å²) in [6, 6.07) is -0.598. The van der Waals surface area contributed by atoms with E-state index in [1.165, 1.54) is 25.7 Å². The number of amides is 1. The fraction of sp³-hybridized carbons (Fsp3) is 0.875. The van der Waals surface area contributed by atoms with Crippen LogP contribution in [0.15, 0.2) is 0 Å². The molecule has 1 heterocycles. The molecular weight excluding hydrogens is 286 g/mol. The van der Waals surface area contributed by atoms with Crippen LogP contribution in [-0.4, -0.2) is 39.1 Å². The van der Waals surface area contributed by atoms with Gasteiger partial charge in [0.15, 0.2) is 0 Å². The molecule has 1 amide bonds. The van der Waals surface area contributed by atoms with Crippen molar-refractivity contribution in [3.63, 3.8) is 0 Å². The molecule has 2 aliphatic carbocycles. The standard InChI is InChI=1S/C16H25NO3S/c18-14(9-11-5-3-1-2-4-6-11)17-13(16(19)20)10-21-15(17)12-7-8-12/h11-13,15H,1-10H2,(H,19,20). The van der Waals surface area contributed by atoms with E-state index in [0.717, 1.165) is 25.7 Å². The summed E-state index contributed by atoms with van der Waals surface area (Å²) in [6.07, 6.45) is 10.2. The van der Waals surface area contributed by atoms with Crippen molar-refractivity contribution in [2.45, 2.75) is 69.2 Å². The zero-order chi connectivity index (χ0) is 14.8. The molecule has 3 fully saturated rings. The molecule has 4 nitrogen and oxygen atoms in total. The van der Waals surface area contributed by atoms with Gasteiger partial charge in [0.25, 0.3) is 0 Å².